The molecule has 9 heteroatoms. The highest BCUT2D eigenvalue weighted by Gasteiger charge is 2.14. The van der Waals surface area contributed by atoms with Crippen molar-refractivity contribution in [1.82, 2.24) is 19.3 Å². The van der Waals surface area contributed by atoms with Crippen LogP contribution >= 0.6 is 0 Å². The summed E-state index contributed by atoms with van der Waals surface area (Å²) in [5.41, 5.74) is 8.44. The Bertz CT molecular complexity index is 801. The number of rotatable bonds is 9. The van der Waals surface area contributed by atoms with E-state index in [0.29, 0.717) is 37.6 Å². The molecule has 0 aliphatic rings. The maximum absolute atomic E-state index is 11.1. The molecule has 0 atom stereocenters. The van der Waals surface area contributed by atoms with Gasteiger partial charge in [0, 0.05) is 25.4 Å². The molecule has 0 unspecified atom stereocenters. The number of nitrogens with two attached hydrogens (primary N) is 1. The first-order chi connectivity index (χ1) is 11.3. The number of anilines is 1. The van der Waals surface area contributed by atoms with E-state index in [1.54, 1.807) is 0 Å². The zero-order valence-corrected chi connectivity index (χ0v) is 15.2. The second-order valence-electron chi connectivity index (χ2n) is 5.71. The number of hydrogen-bond acceptors (Lipinski definition) is 6. The van der Waals surface area contributed by atoms with Crippen LogP contribution in [0.15, 0.2) is 6.07 Å². The molecule has 0 aromatic carbocycles. The van der Waals surface area contributed by atoms with Gasteiger partial charge in [0.2, 0.25) is 10.0 Å². The minimum atomic E-state index is -3.14. The van der Waals surface area contributed by atoms with Crippen LogP contribution in [0.2, 0.25) is 0 Å². The van der Waals surface area contributed by atoms with Crippen molar-refractivity contribution in [2.24, 2.45) is 0 Å². The third kappa shape index (κ3) is 4.89. The van der Waals surface area contributed by atoms with Gasteiger partial charge in [-0.15, -0.1) is 0 Å². The van der Waals surface area contributed by atoms with Crippen molar-refractivity contribution < 1.29 is 13.2 Å². The van der Waals surface area contributed by atoms with Crippen LogP contribution in [0.5, 0.6) is 0 Å². The normalized spacial score (nSPS) is 12.1. The Labute approximate surface area is 142 Å². The Balaban J connectivity index is 2.16. The number of sulfonamides is 1. The predicted octanol–water partition coefficient (Wildman–Crippen LogP) is 1.19. The lowest BCUT2D eigenvalue weighted by Crippen LogP contribution is -2.23. The maximum atomic E-state index is 11.1. The molecular formula is C15H25N5O3S. The van der Waals surface area contributed by atoms with Crippen molar-refractivity contribution in [1.29, 1.82) is 0 Å². The van der Waals surface area contributed by atoms with E-state index in [1.165, 1.54) is 0 Å². The summed E-state index contributed by atoms with van der Waals surface area (Å²) < 4.78 is 32.2. The van der Waals surface area contributed by atoms with Gasteiger partial charge in [0.25, 0.3) is 0 Å². The number of nitrogens with one attached hydrogen (secondary N) is 1. The lowest BCUT2D eigenvalue weighted by atomic mass is 10.3. The Morgan fingerprint density at radius 2 is 2.08 bits per heavy atom. The fraction of sp³-hybridized carbons (Fsp3) is 0.600. The van der Waals surface area contributed by atoms with Gasteiger partial charge >= 0.3 is 0 Å². The van der Waals surface area contributed by atoms with Gasteiger partial charge < -0.3 is 15.0 Å². The van der Waals surface area contributed by atoms with Gasteiger partial charge in [-0.2, -0.15) is 0 Å². The van der Waals surface area contributed by atoms with Crippen molar-refractivity contribution in [3.63, 3.8) is 0 Å². The molecule has 3 N–H and O–H groups in total. The number of unbranched alkanes of at least 4 members (excludes halogenated alkanes) is 1. The van der Waals surface area contributed by atoms with Crippen LogP contribution < -0.4 is 10.5 Å². The Morgan fingerprint density at radius 1 is 1.33 bits per heavy atom. The molecular weight excluding hydrogens is 330 g/mol. The summed E-state index contributed by atoms with van der Waals surface area (Å²) in [7, 11) is -3.14. The number of pyridine rings is 1. The van der Waals surface area contributed by atoms with Crippen LogP contribution in [-0.2, 0) is 27.9 Å². The number of ether oxygens (including phenoxy) is 1. The first kappa shape index (κ1) is 18.6. The summed E-state index contributed by atoms with van der Waals surface area (Å²) in [6, 6.07) is 1.96. The SMILES string of the molecule is CCOCc1nc2c(N)nc(C)cc2n1CCCCNS(C)(=O)=O. The number of imidazole rings is 1. The highest BCUT2D eigenvalue weighted by Crippen LogP contribution is 2.22. The zero-order valence-electron chi connectivity index (χ0n) is 14.4. The Hall–Kier alpha value is -1.71. The van der Waals surface area contributed by atoms with Gasteiger partial charge in [-0.1, -0.05) is 0 Å². The van der Waals surface area contributed by atoms with Gasteiger partial charge in [-0.25, -0.2) is 23.1 Å². The van der Waals surface area contributed by atoms with Crippen LogP contribution in [-0.4, -0.2) is 42.4 Å². The number of aryl methyl sites for hydroxylation is 2. The van der Waals surface area contributed by atoms with Gasteiger partial charge in [0.15, 0.2) is 5.82 Å². The number of fused-ring (bicyclic) bond motifs is 1. The third-order valence-electron chi connectivity index (χ3n) is 3.58. The molecule has 134 valence electrons. The lowest BCUT2D eigenvalue weighted by Gasteiger charge is -2.10. The van der Waals surface area contributed by atoms with Gasteiger partial charge in [0.1, 0.15) is 17.9 Å². The standard InChI is InChI=1S/C15H25N5O3S/c1-4-23-10-13-19-14-12(9-11(2)18-15(14)16)20(13)8-6-5-7-17-24(3,21)22/h9,17H,4-8,10H2,1-3H3,(H2,16,18). The number of nitrogens with zero attached hydrogens (tertiary/aromatic N) is 3. The molecule has 0 fully saturated rings. The molecule has 0 radical (unpaired) electrons. The van der Waals surface area contributed by atoms with E-state index >= 15 is 0 Å². The second kappa shape index (κ2) is 7.91. The third-order valence-corrected chi connectivity index (χ3v) is 4.31. The van der Waals surface area contributed by atoms with Gasteiger partial charge in [-0.05, 0) is 32.8 Å². The van der Waals surface area contributed by atoms with E-state index in [4.69, 9.17) is 10.5 Å². The summed E-state index contributed by atoms with van der Waals surface area (Å²) in [5.74, 6) is 1.22. The van der Waals surface area contributed by atoms with Crippen LogP contribution in [0.25, 0.3) is 11.0 Å². The Kier molecular flexibility index (Phi) is 6.14. The fourth-order valence-corrected chi connectivity index (χ4v) is 3.04. The van der Waals surface area contributed by atoms with Crippen molar-refractivity contribution in [2.75, 3.05) is 25.1 Å². The van der Waals surface area contributed by atoms with E-state index in [0.717, 1.165) is 36.1 Å². The van der Waals surface area contributed by atoms with Crippen molar-refractivity contribution in [3.8, 4) is 0 Å². The molecule has 0 aliphatic carbocycles. The van der Waals surface area contributed by atoms with Crippen LogP contribution in [0.4, 0.5) is 5.82 Å². The summed E-state index contributed by atoms with van der Waals surface area (Å²) in [6.45, 7) is 5.98. The smallest absolute Gasteiger partial charge is 0.208 e. The summed E-state index contributed by atoms with van der Waals surface area (Å²) >= 11 is 0. The number of nitrogen functional groups attached to an aromatic ring is 1. The molecule has 2 heterocycles. The monoisotopic (exact) mass is 355 g/mol. The first-order valence-corrected chi connectivity index (χ1v) is 9.85. The summed E-state index contributed by atoms with van der Waals surface area (Å²) in [6.07, 6.45) is 2.71. The Morgan fingerprint density at radius 3 is 2.75 bits per heavy atom. The van der Waals surface area contributed by atoms with E-state index in [1.807, 2.05) is 19.9 Å². The van der Waals surface area contributed by atoms with Gasteiger partial charge in [0.05, 0.1) is 11.8 Å². The molecule has 2 aromatic rings. The average Bonchev–Trinajstić information content (AvgIpc) is 2.82. The molecule has 2 aromatic heterocycles. The molecule has 0 saturated heterocycles. The summed E-state index contributed by atoms with van der Waals surface area (Å²) in [5, 5.41) is 0. The fourth-order valence-electron chi connectivity index (χ4n) is 2.53. The van der Waals surface area contributed by atoms with Gasteiger partial charge in [-0.3, -0.25) is 0 Å². The van der Waals surface area contributed by atoms with Crippen LogP contribution in [0.1, 0.15) is 31.3 Å². The van der Waals surface area contributed by atoms with E-state index in [9.17, 15) is 8.42 Å². The van der Waals surface area contributed by atoms with E-state index in [2.05, 4.69) is 19.3 Å². The number of hydrogen-bond donors (Lipinski definition) is 2. The quantitative estimate of drug-likeness (QED) is 0.653. The first-order valence-electron chi connectivity index (χ1n) is 7.96. The topological polar surface area (TPSA) is 112 Å². The van der Waals surface area contributed by atoms with Crippen molar-refractivity contribution in [3.05, 3.63) is 17.6 Å². The maximum Gasteiger partial charge on any atom is 0.208 e. The number of aromatic nitrogens is 3. The molecule has 2 rings (SSSR count). The van der Waals surface area contributed by atoms with Crippen LogP contribution in [0.3, 0.4) is 0 Å². The highest BCUT2D eigenvalue weighted by atomic mass is 32.2. The molecule has 0 spiro atoms. The van der Waals surface area contributed by atoms with Crippen molar-refractivity contribution in [2.45, 2.75) is 39.8 Å². The molecule has 24 heavy (non-hydrogen) atoms. The molecule has 0 bridgehead atoms. The molecule has 0 amide bonds. The average molecular weight is 355 g/mol. The molecule has 0 aliphatic heterocycles. The highest BCUT2D eigenvalue weighted by molar-refractivity contribution is 7.88. The zero-order chi connectivity index (χ0) is 17.7. The second-order valence-corrected chi connectivity index (χ2v) is 7.54. The van der Waals surface area contributed by atoms with Crippen molar-refractivity contribution >= 4 is 26.9 Å². The molecule has 8 nitrogen and oxygen atoms in total. The van der Waals surface area contributed by atoms with Crippen LogP contribution in [0, 0.1) is 6.92 Å². The molecule has 0 saturated carbocycles. The largest absolute Gasteiger partial charge is 0.382 e. The van der Waals surface area contributed by atoms with E-state index < -0.39 is 10.0 Å². The summed E-state index contributed by atoms with van der Waals surface area (Å²) in [4.78, 5) is 8.83. The minimum Gasteiger partial charge on any atom is -0.382 e. The lowest BCUT2D eigenvalue weighted by molar-refractivity contribution is 0.126. The van der Waals surface area contributed by atoms with E-state index in [-0.39, 0.29) is 0 Å². The predicted molar refractivity (Wildman–Crippen MR) is 94.1 cm³/mol. The minimum absolute atomic E-state index is 0.408.